The Morgan fingerprint density at radius 3 is 2.65 bits per heavy atom. The Hall–Kier alpha value is -1.19. The van der Waals surface area contributed by atoms with Gasteiger partial charge in [-0.3, -0.25) is 0 Å². The summed E-state index contributed by atoms with van der Waals surface area (Å²) in [6.07, 6.45) is 6.35. The van der Waals surface area contributed by atoms with E-state index >= 15 is 0 Å². The molecule has 2 fully saturated rings. The van der Waals surface area contributed by atoms with E-state index < -0.39 is 0 Å². The van der Waals surface area contributed by atoms with Crippen molar-refractivity contribution in [3.05, 3.63) is 52.0 Å². The van der Waals surface area contributed by atoms with E-state index in [0.717, 1.165) is 6.54 Å². The summed E-state index contributed by atoms with van der Waals surface area (Å²) in [4.78, 5) is 5.02. The minimum Gasteiger partial charge on any atom is -0.309 e. The Bertz CT molecular complexity index is 580. The Labute approximate surface area is 124 Å². The van der Waals surface area contributed by atoms with Gasteiger partial charge in [-0.05, 0) is 37.8 Å². The molecule has 1 aliphatic heterocycles. The highest BCUT2D eigenvalue weighted by Gasteiger charge is 2.43. The van der Waals surface area contributed by atoms with Crippen LogP contribution < -0.4 is 5.32 Å². The zero-order valence-electron chi connectivity index (χ0n) is 11.6. The lowest BCUT2D eigenvalue weighted by atomic mass is 9.65. The molecule has 4 rings (SSSR count). The lowest BCUT2D eigenvalue weighted by molar-refractivity contribution is 0.299. The molecule has 3 heteroatoms. The number of aromatic nitrogens is 1. The number of hydrogen-bond donors (Lipinski definition) is 1. The van der Waals surface area contributed by atoms with Crippen LogP contribution >= 0.6 is 11.3 Å². The topological polar surface area (TPSA) is 24.9 Å². The summed E-state index contributed by atoms with van der Waals surface area (Å²) in [5.41, 5.74) is 2.93. The molecule has 1 unspecified atom stereocenters. The van der Waals surface area contributed by atoms with Gasteiger partial charge in [0.2, 0.25) is 0 Å². The maximum atomic E-state index is 5.02. The third kappa shape index (κ3) is 1.92. The molecule has 1 saturated heterocycles. The van der Waals surface area contributed by atoms with Gasteiger partial charge in [0.1, 0.15) is 5.01 Å². The van der Waals surface area contributed by atoms with Crippen LogP contribution in [0.15, 0.2) is 35.7 Å². The van der Waals surface area contributed by atoms with Crippen molar-refractivity contribution in [1.29, 1.82) is 0 Å². The fourth-order valence-electron chi connectivity index (χ4n) is 3.52. The Balaban J connectivity index is 1.68. The first-order valence-electron chi connectivity index (χ1n) is 7.63. The van der Waals surface area contributed by atoms with Crippen LogP contribution in [-0.4, -0.2) is 11.5 Å². The molecule has 2 nitrogen and oxygen atoms in total. The summed E-state index contributed by atoms with van der Waals surface area (Å²) in [5, 5.41) is 7.17. The molecule has 2 aliphatic rings. The fourth-order valence-corrected chi connectivity index (χ4v) is 4.67. The third-order valence-corrected chi connectivity index (χ3v) is 5.95. The SMILES string of the molecule is c1ccc(C2(c3nc(C4CCCN4)cs3)CCC2)cc1. The van der Waals surface area contributed by atoms with E-state index in [4.69, 9.17) is 4.98 Å². The fraction of sp³-hybridized carbons (Fsp3) is 0.471. The monoisotopic (exact) mass is 284 g/mol. The van der Waals surface area contributed by atoms with Gasteiger partial charge in [0.15, 0.2) is 0 Å². The summed E-state index contributed by atoms with van der Waals surface area (Å²) >= 11 is 1.86. The van der Waals surface area contributed by atoms with Gasteiger partial charge in [-0.15, -0.1) is 11.3 Å². The van der Waals surface area contributed by atoms with Crippen LogP contribution in [-0.2, 0) is 5.41 Å². The standard InChI is InChI=1S/C17H20N2S/c1-2-6-13(7-3-1)17(9-5-10-17)16-19-15(12-20-16)14-8-4-11-18-14/h1-3,6-7,12,14,18H,4-5,8-11H2. The second kappa shape index (κ2) is 4.97. The van der Waals surface area contributed by atoms with Crippen LogP contribution in [0.1, 0.15) is 54.4 Å². The Morgan fingerprint density at radius 2 is 2.00 bits per heavy atom. The average Bonchev–Trinajstić information content (AvgIpc) is 3.09. The van der Waals surface area contributed by atoms with Crippen LogP contribution in [0.5, 0.6) is 0 Å². The molecule has 0 radical (unpaired) electrons. The van der Waals surface area contributed by atoms with Gasteiger partial charge in [0.05, 0.1) is 11.7 Å². The largest absolute Gasteiger partial charge is 0.309 e. The molecule has 0 bridgehead atoms. The van der Waals surface area contributed by atoms with E-state index in [0.29, 0.717) is 6.04 Å². The number of nitrogens with one attached hydrogen (secondary N) is 1. The summed E-state index contributed by atoms with van der Waals surface area (Å²) in [7, 11) is 0. The highest BCUT2D eigenvalue weighted by molar-refractivity contribution is 7.09. The second-order valence-electron chi connectivity index (χ2n) is 6.03. The van der Waals surface area contributed by atoms with Crippen molar-refractivity contribution in [3.63, 3.8) is 0 Å². The predicted molar refractivity (Wildman–Crippen MR) is 83.2 cm³/mol. The second-order valence-corrected chi connectivity index (χ2v) is 6.89. The smallest absolute Gasteiger partial charge is 0.103 e. The number of nitrogens with zero attached hydrogens (tertiary/aromatic N) is 1. The quantitative estimate of drug-likeness (QED) is 0.920. The Kier molecular flexibility index (Phi) is 3.12. The van der Waals surface area contributed by atoms with Crippen LogP contribution in [0.2, 0.25) is 0 Å². The van der Waals surface area contributed by atoms with Gasteiger partial charge >= 0.3 is 0 Å². The van der Waals surface area contributed by atoms with E-state index in [1.807, 2.05) is 11.3 Å². The number of rotatable bonds is 3. The van der Waals surface area contributed by atoms with Gasteiger partial charge in [-0.1, -0.05) is 36.8 Å². The maximum absolute atomic E-state index is 5.02. The molecule has 0 amide bonds. The molecule has 1 atom stereocenters. The maximum Gasteiger partial charge on any atom is 0.103 e. The molecule has 2 heterocycles. The zero-order valence-corrected chi connectivity index (χ0v) is 12.5. The average molecular weight is 284 g/mol. The normalized spacial score (nSPS) is 24.5. The first-order valence-corrected chi connectivity index (χ1v) is 8.51. The third-order valence-electron chi connectivity index (χ3n) is 4.88. The molecular weight excluding hydrogens is 264 g/mol. The van der Waals surface area contributed by atoms with Crippen molar-refractivity contribution >= 4 is 11.3 Å². The van der Waals surface area contributed by atoms with Gasteiger partial charge in [-0.2, -0.15) is 0 Å². The van der Waals surface area contributed by atoms with Crippen LogP contribution in [0.4, 0.5) is 0 Å². The summed E-state index contributed by atoms with van der Waals surface area (Å²) in [5.74, 6) is 0. The molecule has 1 saturated carbocycles. The van der Waals surface area contributed by atoms with Crippen molar-refractivity contribution in [1.82, 2.24) is 10.3 Å². The molecule has 1 N–H and O–H groups in total. The van der Waals surface area contributed by atoms with Gasteiger partial charge < -0.3 is 5.32 Å². The van der Waals surface area contributed by atoms with Crippen LogP contribution in [0.25, 0.3) is 0 Å². The molecule has 20 heavy (non-hydrogen) atoms. The van der Waals surface area contributed by atoms with Crippen molar-refractivity contribution in [2.45, 2.75) is 43.6 Å². The molecule has 0 spiro atoms. The first kappa shape index (κ1) is 12.5. The number of hydrogen-bond acceptors (Lipinski definition) is 3. The van der Waals surface area contributed by atoms with Crippen molar-refractivity contribution in [3.8, 4) is 0 Å². The van der Waals surface area contributed by atoms with E-state index in [1.54, 1.807) is 0 Å². The van der Waals surface area contributed by atoms with Gasteiger partial charge in [-0.25, -0.2) is 4.98 Å². The number of thiazole rings is 1. The molecule has 2 aromatic rings. The predicted octanol–water partition coefficient (Wildman–Crippen LogP) is 4.04. The van der Waals surface area contributed by atoms with Gasteiger partial charge in [0, 0.05) is 10.8 Å². The van der Waals surface area contributed by atoms with Gasteiger partial charge in [0.25, 0.3) is 0 Å². The van der Waals surface area contributed by atoms with Crippen molar-refractivity contribution in [2.75, 3.05) is 6.54 Å². The summed E-state index contributed by atoms with van der Waals surface area (Å²) in [6, 6.07) is 11.5. The summed E-state index contributed by atoms with van der Waals surface area (Å²) in [6.45, 7) is 1.14. The van der Waals surface area contributed by atoms with Crippen molar-refractivity contribution < 1.29 is 0 Å². The minimum atomic E-state index is 0.211. The summed E-state index contributed by atoms with van der Waals surface area (Å²) < 4.78 is 0. The minimum absolute atomic E-state index is 0.211. The van der Waals surface area contributed by atoms with E-state index in [-0.39, 0.29) is 5.41 Å². The molecule has 104 valence electrons. The first-order chi connectivity index (χ1) is 9.88. The van der Waals surface area contributed by atoms with Crippen LogP contribution in [0, 0.1) is 0 Å². The molecular formula is C17H20N2S. The molecule has 1 aromatic heterocycles. The number of benzene rings is 1. The Morgan fingerprint density at radius 1 is 1.15 bits per heavy atom. The van der Waals surface area contributed by atoms with E-state index in [9.17, 15) is 0 Å². The van der Waals surface area contributed by atoms with Crippen molar-refractivity contribution in [2.24, 2.45) is 0 Å². The molecule has 1 aromatic carbocycles. The highest BCUT2D eigenvalue weighted by Crippen LogP contribution is 2.50. The van der Waals surface area contributed by atoms with E-state index in [1.165, 1.54) is 48.4 Å². The zero-order chi connectivity index (χ0) is 13.4. The van der Waals surface area contributed by atoms with Crippen LogP contribution in [0.3, 0.4) is 0 Å². The highest BCUT2D eigenvalue weighted by atomic mass is 32.1. The lowest BCUT2D eigenvalue weighted by Crippen LogP contribution is -2.35. The van der Waals surface area contributed by atoms with E-state index in [2.05, 4.69) is 41.0 Å². The lowest BCUT2D eigenvalue weighted by Gasteiger charge is -2.40. The molecule has 1 aliphatic carbocycles.